The van der Waals surface area contributed by atoms with Crippen LogP contribution in [-0.4, -0.2) is 45.0 Å². The molecule has 1 amide bonds. The Bertz CT molecular complexity index is 1380. The van der Waals surface area contributed by atoms with Gasteiger partial charge in [-0.3, -0.25) is 9.69 Å². The number of carbonyl (C=O) groups is 1. The van der Waals surface area contributed by atoms with Crippen molar-refractivity contribution in [3.8, 4) is 5.75 Å². The van der Waals surface area contributed by atoms with Crippen LogP contribution in [0.4, 0.5) is 21.0 Å². The largest absolute Gasteiger partial charge is 0.488 e. The van der Waals surface area contributed by atoms with Crippen LogP contribution >= 0.6 is 22.7 Å². The smallest absolute Gasteiger partial charge is 0.259 e. The van der Waals surface area contributed by atoms with Gasteiger partial charge in [-0.25, -0.2) is 19.3 Å². The lowest BCUT2D eigenvalue weighted by Crippen LogP contribution is -2.38. The molecule has 0 atom stereocenters. The minimum atomic E-state index is -0.508. The molecule has 1 aliphatic heterocycles. The molecule has 5 rings (SSSR count). The van der Waals surface area contributed by atoms with Crippen LogP contribution in [0.3, 0.4) is 0 Å². The zero-order chi connectivity index (χ0) is 24.5. The minimum Gasteiger partial charge on any atom is -0.488 e. The molecule has 3 aromatic heterocycles. The number of halogens is 1. The number of fused-ring (bicyclic) bond motifs is 1. The van der Waals surface area contributed by atoms with Crippen LogP contribution in [0.15, 0.2) is 29.9 Å². The first-order chi connectivity index (χ1) is 16.9. The van der Waals surface area contributed by atoms with E-state index in [0.717, 1.165) is 38.2 Å². The van der Waals surface area contributed by atoms with Crippen molar-refractivity contribution in [3.05, 3.63) is 51.9 Å². The summed E-state index contributed by atoms with van der Waals surface area (Å²) in [6.45, 7) is 4.25. The number of thiazole rings is 1. The average Bonchev–Trinajstić information content (AvgIpc) is 3.40. The van der Waals surface area contributed by atoms with Crippen molar-refractivity contribution in [3.63, 3.8) is 0 Å². The van der Waals surface area contributed by atoms with E-state index in [2.05, 4.69) is 25.2 Å². The number of rotatable bonds is 7. The van der Waals surface area contributed by atoms with Crippen LogP contribution in [0.2, 0.25) is 0 Å². The summed E-state index contributed by atoms with van der Waals surface area (Å²) in [6.07, 6.45) is 2.97. The zero-order valence-corrected chi connectivity index (χ0v) is 20.6. The summed E-state index contributed by atoms with van der Waals surface area (Å²) in [4.78, 5) is 28.1. The van der Waals surface area contributed by atoms with Crippen molar-refractivity contribution >= 4 is 55.4 Å². The van der Waals surface area contributed by atoms with Crippen LogP contribution in [0, 0.1) is 12.7 Å². The normalized spacial score (nSPS) is 14.9. The molecule has 1 saturated heterocycles. The quantitative estimate of drug-likeness (QED) is 0.337. The van der Waals surface area contributed by atoms with E-state index >= 15 is 0 Å². The molecule has 0 unspecified atom stereocenters. The zero-order valence-electron chi connectivity index (χ0n) is 19.0. The molecular weight excluding hydrogens is 489 g/mol. The second-order valence-electron chi connectivity index (χ2n) is 8.36. The molecule has 0 radical (unpaired) electrons. The highest BCUT2D eigenvalue weighted by Gasteiger charge is 2.23. The van der Waals surface area contributed by atoms with Crippen molar-refractivity contribution in [1.82, 2.24) is 19.9 Å². The van der Waals surface area contributed by atoms with E-state index in [1.807, 2.05) is 12.3 Å². The summed E-state index contributed by atoms with van der Waals surface area (Å²) in [6, 6.07) is 4.36. The van der Waals surface area contributed by atoms with Crippen molar-refractivity contribution in [2.45, 2.75) is 32.4 Å². The number of nitrogens with two attached hydrogens (primary N) is 2. The summed E-state index contributed by atoms with van der Waals surface area (Å²) in [7, 11) is 0. The van der Waals surface area contributed by atoms with Gasteiger partial charge in [-0.2, -0.15) is 0 Å². The number of hydrogen-bond donors (Lipinski definition) is 3. The molecule has 0 bridgehead atoms. The number of nitrogens with zero attached hydrogens (tertiary/aromatic N) is 4. The number of anilines is 3. The summed E-state index contributed by atoms with van der Waals surface area (Å²) in [5.41, 5.74) is 13.5. The molecular formula is C23H24FN7O2S2. The van der Waals surface area contributed by atoms with Gasteiger partial charge in [0.05, 0.1) is 21.6 Å². The molecule has 0 aliphatic carbocycles. The standard InChI is InChI=1S/C23H24FN7O2S2/c1-12-18-21(27-11-28-22(18)35-19(12)20(25)32)30-16-3-2-13(24)8-17(16)33-15-4-6-31(7-5-15)9-14-10-34-23(26)29-14/h2-3,8,10-11,15H,4-7,9H2,1H3,(H2,25,32)(H2,26,29)(H,27,28,30). The van der Waals surface area contributed by atoms with Crippen LogP contribution in [-0.2, 0) is 6.54 Å². The van der Waals surface area contributed by atoms with Gasteiger partial charge in [0, 0.05) is 31.1 Å². The number of benzene rings is 1. The van der Waals surface area contributed by atoms with E-state index in [0.29, 0.717) is 43.0 Å². The van der Waals surface area contributed by atoms with Crippen LogP contribution < -0.4 is 21.5 Å². The van der Waals surface area contributed by atoms with Gasteiger partial charge < -0.3 is 21.5 Å². The molecule has 35 heavy (non-hydrogen) atoms. The predicted molar refractivity (Wildman–Crippen MR) is 136 cm³/mol. The number of piperidine rings is 1. The maximum atomic E-state index is 14.1. The van der Waals surface area contributed by atoms with Gasteiger partial charge in [0.1, 0.15) is 34.6 Å². The Hall–Kier alpha value is -3.35. The lowest BCUT2D eigenvalue weighted by atomic mass is 10.1. The molecule has 1 aromatic carbocycles. The third-order valence-electron chi connectivity index (χ3n) is 5.93. The number of hydrogen-bond acceptors (Lipinski definition) is 10. The SMILES string of the molecule is Cc1c(C(N)=O)sc2ncnc(Nc3ccc(F)cc3OC3CCN(Cc4csc(N)n4)CC3)c12. The molecule has 9 nitrogen and oxygen atoms in total. The van der Waals surface area contributed by atoms with E-state index in [-0.39, 0.29) is 11.9 Å². The molecule has 182 valence electrons. The van der Waals surface area contributed by atoms with E-state index in [1.54, 1.807) is 6.07 Å². The molecule has 4 aromatic rings. The van der Waals surface area contributed by atoms with Gasteiger partial charge in [0.15, 0.2) is 5.13 Å². The highest BCUT2D eigenvalue weighted by Crippen LogP contribution is 2.37. The number of nitrogens with one attached hydrogen (secondary N) is 1. The lowest BCUT2D eigenvalue weighted by Gasteiger charge is -2.32. The third kappa shape index (κ3) is 5.04. The van der Waals surface area contributed by atoms with Crippen molar-refractivity contribution in [1.29, 1.82) is 0 Å². The van der Waals surface area contributed by atoms with Gasteiger partial charge in [-0.05, 0) is 37.5 Å². The Morgan fingerprint density at radius 2 is 2.11 bits per heavy atom. The fourth-order valence-corrected chi connectivity index (χ4v) is 5.77. The van der Waals surface area contributed by atoms with Crippen molar-refractivity contribution < 1.29 is 13.9 Å². The number of aromatic nitrogens is 3. The van der Waals surface area contributed by atoms with Crippen molar-refractivity contribution in [2.75, 3.05) is 24.1 Å². The number of amides is 1. The molecule has 5 N–H and O–H groups in total. The summed E-state index contributed by atoms with van der Waals surface area (Å²) < 4.78 is 20.4. The number of primary amides is 1. The van der Waals surface area contributed by atoms with Crippen LogP contribution in [0.5, 0.6) is 5.75 Å². The predicted octanol–water partition coefficient (Wildman–Crippen LogP) is 4.06. The van der Waals surface area contributed by atoms with E-state index in [9.17, 15) is 9.18 Å². The Morgan fingerprint density at radius 1 is 1.31 bits per heavy atom. The maximum absolute atomic E-state index is 14.1. The first-order valence-electron chi connectivity index (χ1n) is 11.1. The van der Waals surface area contributed by atoms with Gasteiger partial charge in [-0.15, -0.1) is 22.7 Å². The second-order valence-corrected chi connectivity index (χ2v) is 10.2. The first kappa shape index (κ1) is 23.4. The Labute approximate surface area is 209 Å². The van der Waals surface area contributed by atoms with Crippen LogP contribution in [0.1, 0.15) is 33.8 Å². The monoisotopic (exact) mass is 513 g/mol. The molecule has 4 heterocycles. The van der Waals surface area contributed by atoms with Gasteiger partial charge >= 0.3 is 0 Å². The second kappa shape index (κ2) is 9.72. The molecule has 0 saturated carbocycles. The molecule has 12 heteroatoms. The number of aryl methyl sites for hydroxylation is 1. The van der Waals surface area contributed by atoms with Crippen LogP contribution in [0.25, 0.3) is 10.2 Å². The first-order valence-corrected chi connectivity index (χ1v) is 12.8. The Balaban J connectivity index is 1.32. The number of carbonyl (C=O) groups excluding carboxylic acids is 1. The Kier molecular flexibility index (Phi) is 6.50. The third-order valence-corrected chi connectivity index (χ3v) is 7.87. The van der Waals surface area contributed by atoms with Gasteiger partial charge in [0.2, 0.25) is 0 Å². The number of likely N-dealkylation sites (tertiary alicyclic amines) is 1. The molecule has 0 spiro atoms. The summed E-state index contributed by atoms with van der Waals surface area (Å²) in [5, 5.41) is 6.52. The highest BCUT2D eigenvalue weighted by atomic mass is 32.1. The molecule has 1 fully saturated rings. The van der Waals surface area contributed by atoms with E-state index < -0.39 is 5.91 Å². The highest BCUT2D eigenvalue weighted by molar-refractivity contribution is 7.20. The lowest BCUT2D eigenvalue weighted by molar-refractivity contribution is 0.0965. The fourth-order valence-electron chi connectivity index (χ4n) is 4.22. The van der Waals surface area contributed by atoms with Gasteiger partial charge in [-0.1, -0.05) is 0 Å². The average molecular weight is 514 g/mol. The number of thiophene rings is 1. The maximum Gasteiger partial charge on any atom is 0.259 e. The number of ether oxygens (including phenoxy) is 1. The van der Waals surface area contributed by atoms with Gasteiger partial charge in [0.25, 0.3) is 5.91 Å². The van der Waals surface area contributed by atoms with Crippen molar-refractivity contribution in [2.24, 2.45) is 5.73 Å². The number of nitrogen functional groups attached to an aromatic ring is 1. The van der Waals surface area contributed by atoms with E-state index in [4.69, 9.17) is 16.2 Å². The topological polar surface area (TPSA) is 132 Å². The fraction of sp³-hybridized carbons (Fsp3) is 0.304. The Morgan fingerprint density at radius 3 is 2.83 bits per heavy atom. The minimum absolute atomic E-state index is 0.0520. The summed E-state index contributed by atoms with van der Waals surface area (Å²) >= 11 is 2.67. The molecule has 1 aliphatic rings. The summed E-state index contributed by atoms with van der Waals surface area (Å²) in [5.74, 6) is 0.0158. The van der Waals surface area contributed by atoms with E-state index in [1.165, 1.54) is 41.1 Å².